The van der Waals surface area contributed by atoms with E-state index in [4.69, 9.17) is 13.3 Å². The number of pyridine rings is 1. The lowest BCUT2D eigenvalue weighted by molar-refractivity contribution is -0.697. The fourth-order valence-corrected chi connectivity index (χ4v) is 3.98. The van der Waals surface area contributed by atoms with E-state index in [1.807, 2.05) is 30.6 Å². The first-order chi connectivity index (χ1) is 7.68. The van der Waals surface area contributed by atoms with Crippen molar-refractivity contribution in [1.82, 2.24) is 0 Å². The zero-order valence-electron chi connectivity index (χ0n) is 10.3. The van der Waals surface area contributed by atoms with Crippen LogP contribution in [0.2, 0.25) is 5.54 Å². The van der Waals surface area contributed by atoms with Crippen molar-refractivity contribution >= 4 is 8.80 Å². The van der Waals surface area contributed by atoms with Gasteiger partial charge in [0.2, 0.25) is 0 Å². The third-order valence-corrected chi connectivity index (χ3v) is 5.82. The molecule has 1 rings (SSSR count). The van der Waals surface area contributed by atoms with Crippen LogP contribution in [0.5, 0.6) is 0 Å². The molecule has 5 heteroatoms. The number of nitrogens with zero attached hydrogens (tertiary/aromatic N) is 1. The highest BCUT2D eigenvalue weighted by Gasteiger charge is 2.46. The van der Waals surface area contributed by atoms with Crippen LogP contribution in [0.15, 0.2) is 30.6 Å². The van der Waals surface area contributed by atoms with E-state index in [-0.39, 0.29) is 5.54 Å². The molecule has 0 aromatic carbocycles. The first-order valence-corrected chi connectivity index (χ1v) is 7.08. The molecule has 0 aliphatic rings. The van der Waals surface area contributed by atoms with Gasteiger partial charge in [-0.25, -0.2) is 4.57 Å². The average molecular weight is 242 g/mol. The standard InChI is InChI=1S/C11H20NO3Si/c1-11(16(13-2,14-3)15-4)10-12-8-6-5-7-9-12/h5-9,11H,10H2,1-4H3/q+1. The topological polar surface area (TPSA) is 31.6 Å². The van der Waals surface area contributed by atoms with Crippen molar-refractivity contribution in [3.05, 3.63) is 30.6 Å². The van der Waals surface area contributed by atoms with Gasteiger partial charge in [0.05, 0.1) is 5.54 Å². The maximum atomic E-state index is 5.45. The maximum Gasteiger partial charge on any atom is 0.509 e. The molecule has 90 valence electrons. The van der Waals surface area contributed by atoms with Gasteiger partial charge in [0.15, 0.2) is 18.9 Å². The van der Waals surface area contributed by atoms with Gasteiger partial charge in [-0.3, -0.25) is 0 Å². The van der Waals surface area contributed by atoms with Crippen molar-refractivity contribution in [1.29, 1.82) is 0 Å². The summed E-state index contributed by atoms with van der Waals surface area (Å²) in [7, 11) is 2.41. The minimum absolute atomic E-state index is 0.208. The summed E-state index contributed by atoms with van der Waals surface area (Å²) in [5, 5.41) is 0. The zero-order valence-corrected chi connectivity index (χ0v) is 11.3. The summed E-state index contributed by atoms with van der Waals surface area (Å²) in [6, 6.07) is 6.00. The van der Waals surface area contributed by atoms with E-state index in [2.05, 4.69) is 11.5 Å². The quantitative estimate of drug-likeness (QED) is 0.555. The van der Waals surface area contributed by atoms with Crippen LogP contribution < -0.4 is 4.57 Å². The third-order valence-electron chi connectivity index (χ3n) is 2.72. The second kappa shape index (κ2) is 6.10. The summed E-state index contributed by atoms with van der Waals surface area (Å²) in [5.74, 6) is 0. The van der Waals surface area contributed by atoms with Crippen molar-refractivity contribution in [3.63, 3.8) is 0 Å². The molecule has 0 saturated carbocycles. The van der Waals surface area contributed by atoms with E-state index in [0.29, 0.717) is 0 Å². The molecule has 1 heterocycles. The van der Waals surface area contributed by atoms with Gasteiger partial charge in [0.1, 0.15) is 0 Å². The van der Waals surface area contributed by atoms with Crippen LogP contribution in [0.1, 0.15) is 6.92 Å². The Morgan fingerprint density at radius 3 is 1.94 bits per heavy atom. The van der Waals surface area contributed by atoms with Gasteiger partial charge in [-0.15, -0.1) is 0 Å². The largest absolute Gasteiger partial charge is 0.509 e. The molecular formula is C11H20NO3Si+. The van der Waals surface area contributed by atoms with Crippen molar-refractivity contribution < 1.29 is 17.8 Å². The van der Waals surface area contributed by atoms with E-state index < -0.39 is 8.80 Å². The Kier molecular flexibility index (Phi) is 5.07. The van der Waals surface area contributed by atoms with Crippen LogP contribution >= 0.6 is 0 Å². The summed E-state index contributed by atoms with van der Waals surface area (Å²) in [4.78, 5) is 0. The molecule has 0 saturated heterocycles. The summed E-state index contributed by atoms with van der Waals surface area (Å²) >= 11 is 0. The van der Waals surface area contributed by atoms with Crippen LogP contribution in [-0.2, 0) is 19.8 Å². The van der Waals surface area contributed by atoms with E-state index in [0.717, 1.165) is 6.54 Å². The normalized spacial score (nSPS) is 13.8. The Bertz CT molecular complexity index is 295. The van der Waals surface area contributed by atoms with Crippen LogP contribution in [0.3, 0.4) is 0 Å². The second-order valence-corrected chi connectivity index (χ2v) is 7.11. The minimum atomic E-state index is -2.52. The first kappa shape index (κ1) is 13.3. The SMILES string of the molecule is CO[Si](OC)(OC)C(C)C[n+]1ccccc1. The van der Waals surface area contributed by atoms with Gasteiger partial charge >= 0.3 is 8.80 Å². The fraction of sp³-hybridized carbons (Fsp3) is 0.545. The average Bonchev–Trinajstić information content (AvgIpc) is 2.33. The Balaban J connectivity index is 2.73. The summed E-state index contributed by atoms with van der Waals surface area (Å²) in [6.45, 7) is 2.91. The van der Waals surface area contributed by atoms with Crippen molar-refractivity contribution in [2.45, 2.75) is 19.0 Å². The summed E-state index contributed by atoms with van der Waals surface area (Å²) < 4.78 is 18.5. The number of rotatable bonds is 6. The molecule has 0 aliphatic carbocycles. The van der Waals surface area contributed by atoms with Crippen LogP contribution in [-0.4, -0.2) is 30.1 Å². The summed E-state index contributed by atoms with van der Waals surface area (Å²) in [6.07, 6.45) is 4.05. The Morgan fingerprint density at radius 2 is 1.50 bits per heavy atom. The summed E-state index contributed by atoms with van der Waals surface area (Å²) in [5.41, 5.74) is 0.208. The number of hydrogen-bond acceptors (Lipinski definition) is 3. The second-order valence-electron chi connectivity index (χ2n) is 3.69. The molecule has 0 amide bonds. The molecular weight excluding hydrogens is 222 g/mol. The molecule has 16 heavy (non-hydrogen) atoms. The molecule has 4 nitrogen and oxygen atoms in total. The highest BCUT2D eigenvalue weighted by atomic mass is 28.4. The molecule has 0 bridgehead atoms. The molecule has 0 radical (unpaired) electrons. The van der Waals surface area contributed by atoms with Gasteiger partial charge in [-0.2, -0.15) is 0 Å². The van der Waals surface area contributed by atoms with Gasteiger partial charge in [-0.1, -0.05) is 13.0 Å². The van der Waals surface area contributed by atoms with Crippen LogP contribution in [0.4, 0.5) is 0 Å². The molecule has 0 N–H and O–H groups in total. The van der Waals surface area contributed by atoms with Gasteiger partial charge in [0.25, 0.3) is 0 Å². The van der Waals surface area contributed by atoms with E-state index in [9.17, 15) is 0 Å². The highest BCUT2D eigenvalue weighted by molar-refractivity contribution is 6.62. The number of hydrogen-bond donors (Lipinski definition) is 0. The monoisotopic (exact) mass is 242 g/mol. The van der Waals surface area contributed by atoms with Gasteiger partial charge in [-0.05, 0) is 0 Å². The van der Waals surface area contributed by atoms with Crippen molar-refractivity contribution in [3.8, 4) is 0 Å². The smallest absolute Gasteiger partial charge is 0.377 e. The third kappa shape index (κ3) is 2.88. The lowest BCUT2D eigenvalue weighted by Gasteiger charge is -2.28. The van der Waals surface area contributed by atoms with Gasteiger partial charge < -0.3 is 13.3 Å². The Hall–Kier alpha value is -0.753. The molecule has 0 aliphatic heterocycles. The maximum absolute atomic E-state index is 5.45. The van der Waals surface area contributed by atoms with Crippen molar-refractivity contribution in [2.75, 3.05) is 21.3 Å². The molecule has 0 spiro atoms. The van der Waals surface area contributed by atoms with E-state index in [1.54, 1.807) is 21.3 Å². The Labute approximate surface area is 98.1 Å². The Morgan fingerprint density at radius 1 is 1.00 bits per heavy atom. The van der Waals surface area contributed by atoms with E-state index in [1.165, 1.54) is 0 Å². The van der Waals surface area contributed by atoms with Crippen LogP contribution in [0, 0.1) is 0 Å². The molecule has 1 unspecified atom stereocenters. The molecule has 1 aromatic heterocycles. The zero-order chi connectivity index (χ0) is 12.0. The predicted molar refractivity (Wildman–Crippen MR) is 62.8 cm³/mol. The van der Waals surface area contributed by atoms with Crippen molar-refractivity contribution in [2.24, 2.45) is 0 Å². The first-order valence-electron chi connectivity index (χ1n) is 5.28. The molecule has 1 aromatic rings. The van der Waals surface area contributed by atoms with E-state index >= 15 is 0 Å². The number of aromatic nitrogens is 1. The lowest BCUT2D eigenvalue weighted by atomic mass is 10.4. The predicted octanol–water partition coefficient (Wildman–Crippen LogP) is 1.24. The van der Waals surface area contributed by atoms with Crippen LogP contribution in [0.25, 0.3) is 0 Å². The lowest BCUT2D eigenvalue weighted by Crippen LogP contribution is -2.51. The minimum Gasteiger partial charge on any atom is -0.377 e. The highest BCUT2D eigenvalue weighted by Crippen LogP contribution is 2.23. The molecule has 0 fully saturated rings. The fourth-order valence-electron chi connectivity index (χ4n) is 1.84. The molecule has 1 atom stereocenters. The van der Waals surface area contributed by atoms with Gasteiger partial charge in [0, 0.05) is 33.5 Å².